The van der Waals surface area contributed by atoms with Gasteiger partial charge in [0.2, 0.25) is 0 Å². The number of amides is 1. The Labute approximate surface area is 155 Å². The van der Waals surface area contributed by atoms with Crippen LogP contribution >= 0.6 is 51.5 Å². The van der Waals surface area contributed by atoms with Gasteiger partial charge >= 0.3 is 0 Å². The van der Waals surface area contributed by atoms with Crippen LogP contribution in [0.4, 0.5) is 10.1 Å². The van der Waals surface area contributed by atoms with Gasteiger partial charge in [0.25, 0.3) is 5.91 Å². The fourth-order valence-electron chi connectivity index (χ4n) is 2.06. The summed E-state index contributed by atoms with van der Waals surface area (Å²) in [6.07, 6.45) is 1.69. The van der Waals surface area contributed by atoms with Crippen LogP contribution < -0.4 is 4.90 Å². The van der Waals surface area contributed by atoms with E-state index in [-0.39, 0.29) is 11.7 Å². The van der Waals surface area contributed by atoms with Crippen molar-refractivity contribution < 1.29 is 9.18 Å². The van der Waals surface area contributed by atoms with E-state index in [1.54, 1.807) is 42.5 Å². The maximum atomic E-state index is 13.3. The lowest BCUT2D eigenvalue weighted by atomic mass is 10.2. The third kappa shape index (κ3) is 3.50. The molecule has 116 valence electrons. The van der Waals surface area contributed by atoms with E-state index >= 15 is 0 Å². The van der Waals surface area contributed by atoms with Crippen LogP contribution in [0.15, 0.2) is 51.8 Å². The first-order valence-electron chi connectivity index (χ1n) is 6.44. The Bertz CT molecular complexity index is 856. The zero-order chi connectivity index (χ0) is 16.6. The minimum Gasteiger partial charge on any atom is -0.268 e. The predicted octanol–water partition coefficient (Wildman–Crippen LogP) is 5.65. The number of benzene rings is 2. The molecular weight excluding hydrogens is 421 g/mol. The lowest BCUT2D eigenvalue weighted by Gasteiger charge is -2.14. The molecular formula is C16H8BrClFNOS2. The molecule has 0 unspecified atom stereocenters. The molecule has 0 saturated carbocycles. The third-order valence-electron chi connectivity index (χ3n) is 3.10. The number of halogens is 3. The molecule has 3 rings (SSSR count). The average molecular weight is 429 g/mol. The highest BCUT2D eigenvalue weighted by Gasteiger charge is 2.33. The second kappa shape index (κ2) is 6.73. The number of rotatable bonds is 2. The first kappa shape index (κ1) is 16.6. The SMILES string of the molecule is O=C1C(=Cc2ccc(F)c(Br)c2)SC(=S)N1c1cccc(Cl)c1. The summed E-state index contributed by atoms with van der Waals surface area (Å²) < 4.78 is 14.1. The molecule has 7 heteroatoms. The third-order valence-corrected chi connectivity index (χ3v) is 5.25. The van der Waals surface area contributed by atoms with E-state index in [4.69, 9.17) is 23.8 Å². The summed E-state index contributed by atoms with van der Waals surface area (Å²) >= 11 is 15.6. The van der Waals surface area contributed by atoms with Crippen LogP contribution in [0.3, 0.4) is 0 Å². The van der Waals surface area contributed by atoms with Gasteiger partial charge in [-0.15, -0.1) is 0 Å². The molecule has 0 radical (unpaired) electrons. The largest absolute Gasteiger partial charge is 0.270 e. The Morgan fingerprint density at radius 1 is 1.26 bits per heavy atom. The van der Waals surface area contributed by atoms with Gasteiger partial charge in [-0.05, 0) is 57.9 Å². The van der Waals surface area contributed by atoms with Gasteiger partial charge in [0, 0.05) is 5.02 Å². The van der Waals surface area contributed by atoms with Crippen LogP contribution in [0.1, 0.15) is 5.56 Å². The maximum absolute atomic E-state index is 13.3. The lowest BCUT2D eigenvalue weighted by Crippen LogP contribution is -2.27. The topological polar surface area (TPSA) is 20.3 Å². The van der Waals surface area contributed by atoms with Crippen molar-refractivity contribution in [1.82, 2.24) is 0 Å². The van der Waals surface area contributed by atoms with Crippen LogP contribution in [0, 0.1) is 5.82 Å². The molecule has 0 aromatic heterocycles. The molecule has 1 amide bonds. The molecule has 0 aliphatic carbocycles. The Morgan fingerprint density at radius 2 is 2.04 bits per heavy atom. The quantitative estimate of drug-likeness (QED) is 0.455. The fraction of sp³-hybridized carbons (Fsp3) is 0. The molecule has 1 saturated heterocycles. The van der Waals surface area contributed by atoms with Crippen molar-refractivity contribution in [2.24, 2.45) is 0 Å². The molecule has 2 nitrogen and oxygen atoms in total. The average Bonchev–Trinajstić information content (AvgIpc) is 2.77. The van der Waals surface area contributed by atoms with Gasteiger partial charge in [-0.3, -0.25) is 9.69 Å². The van der Waals surface area contributed by atoms with Crippen LogP contribution in [0.25, 0.3) is 6.08 Å². The second-order valence-corrected chi connectivity index (χ2v) is 7.64. The Hall–Kier alpha value is -1.21. The Morgan fingerprint density at radius 3 is 2.74 bits per heavy atom. The van der Waals surface area contributed by atoms with Crippen LogP contribution in [-0.4, -0.2) is 10.2 Å². The summed E-state index contributed by atoms with van der Waals surface area (Å²) in [5, 5.41) is 0.531. The monoisotopic (exact) mass is 427 g/mol. The highest BCUT2D eigenvalue weighted by atomic mass is 79.9. The highest BCUT2D eigenvalue weighted by molar-refractivity contribution is 9.10. The number of anilines is 1. The Kier molecular flexibility index (Phi) is 4.87. The van der Waals surface area contributed by atoms with Crippen molar-refractivity contribution in [2.45, 2.75) is 0 Å². The molecule has 1 heterocycles. The van der Waals surface area contributed by atoms with Gasteiger partial charge < -0.3 is 0 Å². The molecule has 2 aromatic rings. The number of thioether (sulfide) groups is 1. The van der Waals surface area contributed by atoms with Gasteiger partial charge in [0.1, 0.15) is 5.82 Å². The number of thiocarbonyl (C=S) groups is 1. The van der Waals surface area contributed by atoms with Gasteiger partial charge in [0.05, 0.1) is 15.1 Å². The smallest absolute Gasteiger partial charge is 0.268 e. The predicted molar refractivity (Wildman–Crippen MR) is 101 cm³/mol. The number of carbonyl (C=O) groups is 1. The summed E-state index contributed by atoms with van der Waals surface area (Å²) in [6.45, 7) is 0. The van der Waals surface area contributed by atoms with Gasteiger partial charge in [-0.1, -0.05) is 47.7 Å². The van der Waals surface area contributed by atoms with Crippen molar-refractivity contribution in [2.75, 3.05) is 4.90 Å². The van der Waals surface area contributed by atoms with Crippen molar-refractivity contribution in [3.8, 4) is 0 Å². The second-order valence-electron chi connectivity index (χ2n) is 4.67. The molecule has 0 atom stereocenters. The minimum absolute atomic E-state index is 0.220. The molecule has 1 aliphatic heterocycles. The van der Waals surface area contributed by atoms with E-state index in [1.165, 1.54) is 22.7 Å². The molecule has 1 fully saturated rings. The summed E-state index contributed by atoms with van der Waals surface area (Å²) in [7, 11) is 0. The molecule has 23 heavy (non-hydrogen) atoms. The summed E-state index contributed by atoms with van der Waals surface area (Å²) in [5.41, 5.74) is 1.34. The minimum atomic E-state index is -0.353. The van der Waals surface area contributed by atoms with Crippen molar-refractivity contribution >= 4 is 73.5 Å². The molecule has 1 aliphatic rings. The Balaban J connectivity index is 1.94. The van der Waals surface area contributed by atoms with E-state index in [2.05, 4.69) is 15.9 Å². The van der Waals surface area contributed by atoms with E-state index in [9.17, 15) is 9.18 Å². The van der Waals surface area contributed by atoms with E-state index in [0.29, 0.717) is 30.0 Å². The van der Waals surface area contributed by atoms with Gasteiger partial charge in [-0.25, -0.2) is 4.39 Å². The van der Waals surface area contributed by atoms with Crippen molar-refractivity contribution in [1.29, 1.82) is 0 Å². The first-order chi connectivity index (χ1) is 11.0. The highest BCUT2D eigenvalue weighted by Crippen LogP contribution is 2.36. The number of nitrogens with zero attached hydrogens (tertiary/aromatic N) is 1. The van der Waals surface area contributed by atoms with Crippen molar-refractivity contribution in [3.05, 3.63) is 68.2 Å². The van der Waals surface area contributed by atoms with E-state index in [0.717, 1.165) is 0 Å². The number of hydrogen-bond acceptors (Lipinski definition) is 3. The molecule has 0 N–H and O–H groups in total. The van der Waals surface area contributed by atoms with Gasteiger partial charge in [-0.2, -0.15) is 0 Å². The zero-order valence-corrected chi connectivity index (χ0v) is 15.4. The fourth-order valence-corrected chi connectivity index (χ4v) is 3.94. The standard InChI is InChI=1S/C16H8BrClFNOS2/c17-12-6-9(4-5-13(12)19)7-14-15(21)20(16(22)23-14)11-3-1-2-10(18)8-11/h1-8H. The van der Waals surface area contributed by atoms with E-state index < -0.39 is 0 Å². The normalized spacial score (nSPS) is 16.5. The zero-order valence-electron chi connectivity index (χ0n) is 11.4. The van der Waals surface area contributed by atoms with Gasteiger partial charge in [0.15, 0.2) is 4.32 Å². The summed E-state index contributed by atoms with van der Waals surface area (Å²) in [5.74, 6) is -0.573. The molecule has 0 spiro atoms. The maximum Gasteiger partial charge on any atom is 0.270 e. The first-order valence-corrected chi connectivity index (χ1v) is 8.84. The number of hydrogen-bond donors (Lipinski definition) is 0. The van der Waals surface area contributed by atoms with Crippen molar-refractivity contribution in [3.63, 3.8) is 0 Å². The van der Waals surface area contributed by atoms with Crippen LogP contribution in [0.5, 0.6) is 0 Å². The summed E-state index contributed by atoms with van der Waals surface area (Å²) in [4.78, 5) is 14.5. The molecule has 0 bridgehead atoms. The molecule has 2 aromatic carbocycles. The van der Waals surface area contributed by atoms with E-state index in [1.807, 2.05) is 0 Å². The van der Waals surface area contributed by atoms with Crippen LogP contribution in [0.2, 0.25) is 5.02 Å². The summed E-state index contributed by atoms with van der Waals surface area (Å²) in [6, 6.07) is 11.5. The number of carbonyl (C=O) groups excluding carboxylic acids is 1. The lowest BCUT2D eigenvalue weighted by molar-refractivity contribution is -0.113. The van der Waals surface area contributed by atoms with Crippen LogP contribution in [-0.2, 0) is 4.79 Å².